The zero-order valence-corrected chi connectivity index (χ0v) is 18.1. The van der Waals surface area contributed by atoms with Crippen molar-refractivity contribution >= 4 is 57.5 Å². The first kappa shape index (κ1) is 21.2. The summed E-state index contributed by atoms with van der Waals surface area (Å²) in [5.74, 6) is 0.607. The van der Waals surface area contributed by atoms with Crippen LogP contribution < -0.4 is 16.0 Å². The molecule has 0 aromatic heterocycles. The van der Waals surface area contributed by atoms with Crippen molar-refractivity contribution in [2.75, 3.05) is 18.4 Å². The molecule has 0 atom stereocenters. The fraction of sp³-hybridized carbons (Fsp3) is 0.529. The fourth-order valence-electron chi connectivity index (χ4n) is 2.65. The van der Waals surface area contributed by atoms with Crippen molar-refractivity contribution in [3.05, 3.63) is 28.2 Å². The molecule has 0 aliphatic heterocycles. The lowest BCUT2D eigenvalue weighted by Crippen LogP contribution is -2.42. The molecular weight excluding hydrogens is 483 g/mol. The van der Waals surface area contributed by atoms with E-state index in [4.69, 9.17) is 0 Å². The van der Waals surface area contributed by atoms with E-state index in [1.807, 2.05) is 32.0 Å². The van der Waals surface area contributed by atoms with E-state index < -0.39 is 0 Å². The molecule has 1 aliphatic carbocycles. The molecule has 0 heterocycles. The van der Waals surface area contributed by atoms with Crippen molar-refractivity contribution in [3.63, 3.8) is 0 Å². The molecule has 5 nitrogen and oxygen atoms in total. The number of benzene rings is 1. The molecule has 1 amide bonds. The number of amides is 1. The smallest absolute Gasteiger partial charge is 0.246 e. The highest BCUT2D eigenvalue weighted by Crippen LogP contribution is 2.20. The Balaban J connectivity index is 0.00000288. The lowest BCUT2D eigenvalue weighted by molar-refractivity contribution is -0.114. The van der Waals surface area contributed by atoms with E-state index in [0.717, 1.165) is 28.2 Å². The minimum Gasteiger partial charge on any atom is -0.357 e. The molecule has 0 saturated heterocycles. The number of aryl methyl sites for hydroxylation is 1. The second kappa shape index (κ2) is 10.9. The Morgan fingerprint density at radius 2 is 2.04 bits per heavy atom. The van der Waals surface area contributed by atoms with Crippen molar-refractivity contribution in [2.24, 2.45) is 4.99 Å². The highest BCUT2D eigenvalue weighted by molar-refractivity contribution is 14.0. The van der Waals surface area contributed by atoms with Crippen LogP contribution in [0.5, 0.6) is 0 Å². The van der Waals surface area contributed by atoms with Crippen LogP contribution in [0.1, 0.15) is 38.2 Å². The molecule has 0 radical (unpaired) electrons. The van der Waals surface area contributed by atoms with E-state index in [9.17, 15) is 4.79 Å². The summed E-state index contributed by atoms with van der Waals surface area (Å²) in [7, 11) is 0. The molecule has 1 aromatic rings. The Labute approximate surface area is 169 Å². The zero-order valence-electron chi connectivity index (χ0n) is 14.2. The van der Waals surface area contributed by atoms with Gasteiger partial charge in [0.15, 0.2) is 5.96 Å². The largest absolute Gasteiger partial charge is 0.357 e. The van der Waals surface area contributed by atoms with Crippen molar-refractivity contribution in [2.45, 2.75) is 45.6 Å². The van der Waals surface area contributed by atoms with E-state index in [-0.39, 0.29) is 36.4 Å². The van der Waals surface area contributed by atoms with Crippen LogP contribution in [0.2, 0.25) is 0 Å². The minimum atomic E-state index is -0.116. The van der Waals surface area contributed by atoms with Gasteiger partial charge in [-0.05, 0) is 44.4 Å². The molecule has 134 valence electrons. The number of rotatable bonds is 5. The second-order valence-electron chi connectivity index (χ2n) is 5.83. The van der Waals surface area contributed by atoms with Crippen LogP contribution in [0.4, 0.5) is 5.69 Å². The van der Waals surface area contributed by atoms with Crippen LogP contribution in [0, 0.1) is 6.92 Å². The van der Waals surface area contributed by atoms with Gasteiger partial charge in [0.1, 0.15) is 6.54 Å². The van der Waals surface area contributed by atoms with E-state index in [2.05, 4.69) is 36.9 Å². The number of halogens is 2. The molecule has 0 unspecified atom stereocenters. The molecular formula is C17H26BrIN4O. The number of nitrogens with zero attached hydrogens (tertiary/aromatic N) is 1. The third kappa shape index (κ3) is 6.96. The summed E-state index contributed by atoms with van der Waals surface area (Å²) in [5, 5.41) is 9.52. The predicted molar refractivity (Wildman–Crippen MR) is 114 cm³/mol. The van der Waals surface area contributed by atoms with Crippen LogP contribution in [-0.4, -0.2) is 31.0 Å². The van der Waals surface area contributed by atoms with Gasteiger partial charge in [-0.1, -0.05) is 34.8 Å². The number of aliphatic imine (C=N–C) groups is 1. The van der Waals surface area contributed by atoms with Gasteiger partial charge in [-0.2, -0.15) is 0 Å². The van der Waals surface area contributed by atoms with Crippen molar-refractivity contribution in [1.82, 2.24) is 10.6 Å². The van der Waals surface area contributed by atoms with Gasteiger partial charge in [0.25, 0.3) is 0 Å². The number of carbonyl (C=O) groups is 1. The topological polar surface area (TPSA) is 65.5 Å². The van der Waals surface area contributed by atoms with Crippen molar-refractivity contribution in [3.8, 4) is 0 Å². The number of guanidine groups is 1. The first-order chi connectivity index (χ1) is 11.1. The summed E-state index contributed by atoms with van der Waals surface area (Å²) in [4.78, 5) is 16.5. The molecule has 2 rings (SSSR count). The third-order valence-electron chi connectivity index (χ3n) is 3.89. The van der Waals surface area contributed by atoms with Crippen LogP contribution in [-0.2, 0) is 4.79 Å². The first-order valence-electron chi connectivity index (χ1n) is 8.19. The van der Waals surface area contributed by atoms with E-state index in [1.54, 1.807) is 0 Å². The summed E-state index contributed by atoms with van der Waals surface area (Å²) in [6.45, 7) is 4.88. The Kier molecular flexibility index (Phi) is 9.65. The average molecular weight is 509 g/mol. The lowest BCUT2D eigenvalue weighted by Gasteiger charge is -2.16. The highest BCUT2D eigenvalue weighted by atomic mass is 127. The molecule has 7 heteroatoms. The van der Waals surface area contributed by atoms with Gasteiger partial charge >= 0.3 is 0 Å². The normalized spacial score (nSPS) is 14.9. The zero-order chi connectivity index (χ0) is 16.7. The van der Waals surface area contributed by atoms with Gasteiger partial charge in [0, 0.05) is 22.7 Å². The Morgan fingerprint density at radius 1 is 1.33 bits per heavy atom. The average Bonchev–Trinajstić information content (AvgIpc) is 3.02. The SMILES string of the molecule is CCNC(=NCC(=O)Nc1cc(Br)ccc1C)NC1CCCC1.I. The van der Waals surface area contributed by atoms with E-state index in [1.165, 1.54) is 25.7 Å². The van der Waals surface area contributed by atoms with Gasteiger partial charge in [0.05, 0.1) is 0 Å². The third-order valence-corrected chi connectivity index (χ3v) is 4.39. The summed E-state index contributed by atoms with van der Waals surface area (Å²) in [6, 6.07) is 6.30. The Hall–Kier alpha value is -0.830. The molecule has 1 fully saturated rings. The number of carbonyl (C=O) groups excluding carboxylic acids is 1. The maximum Gasteiger partial charge on any atom is 0.246 e. The molecule has 0 spiro atoms. The van der Waals surface area contributed by atoms with E-state index >= 15 is 0 Å². The molecule has 1 aliphatic rings. The molecule has 3 N–H and O–H groups in total. The van der Waals surface area contributed by atoms with Gasteiger partial charge in [0.2, 0.25) is 5.91 Å². The molecule has 1 saturated carbocycles. The molecule has 0 bridgehead atoms. The van der Waals surface area contributed by atoms with Crippen molar-refractivity contribution < 1.29 is 4.79 Å². The van der Waals surface area contributed by atoms with E-state index in [0.29, 0.717) is 6.04 Å². The second-order valence-corrected chi connectivity index (χ2v) is 6.74. The quantitative estimate of drug-likeness (QED) is 0.322. The van der Waals surface area contributed by atoms with Crippen LogP contribution in [0.25, 0.3) is 0 Å². The first-order valence-corrected chi connectivity index (χ1v) is 8.98. The summed E-state index contributed by atoms with van der Waals surface area (Å²) in [6.07, 6.45) is 4.88. The monoisotopic (exact) mass is 508 g/mol. The molecule has 24 heavy (non-hydrogen) atoms. The predicted octanol–water partition coefficient (Wildman–Crippen LogP) is 3.81. The maximum atomic E-state index is 12.1. The summed E-state index contributed by atoms with van der Waals surface area (Å²) >= 11 is 3.42. The highest BCUT2D eigenvalue weighted by Gasteiger charge is 2.16. The maximum absolute atomic E-state index is 12.1. The van der Waals surface area contributed by atoms with Crippen LogP contribution in [0.3, 0.4) is 0 Å². The molecule has 1 aromatic carbocycles. The number of hydrogen-bond acceptors (Lipinski definition) is 2. The van der Waals surface area contributed by atoms with Gasteiger partial charge in [-0.15, -0.1) is 24.0 Å². The van der Waals surface area contributed by atoms with Gasteiger partial charge in [-0.25, -0.2) is 4.99 Å². The van der Waals surface area contributed by atoms with Crippen molar-refractivity contribution in [1.29, 1.82) is 0 Å². The lowest BCUT2D eigenvalue weighted by atomic mass is 10.2. The summed E-state index contributed by atoms with van der Waals surface area (Å²) < 4.78 is 0.943. The Bertz CT molecular complexity index is 574. The number of anilines is 1. The van der Waals surface area contributed by atoms with Crippen LogP contribution in [0.15, 0.2) is 27.7 Å². The number of hydrogen-bond donors (Lipinski definition) is 3. The van der Waals surface area contributed by atoms with Crippen LogP contribution >= 0.6 is 39.9 Å². The minimum absolute atomic E-state index is 0. The number of nitrogens with one attached hydrogen (secondary N) is 3. The summed E-state index contributed by atoms with van der Waals surface area (Å²) in [5.41, 5.74) is 1.84. The van der Waals surface area contributed by atoms with Gasteiger partial charge in [-0.3, -0.25) is 4.79 Å². The van der Waals surface area contributed by atoms with Gasteiger partial charge < -0.3 is 16.0 Å². The fourth-order valence-corrected chi connectivity index (χ4v) is 3.01. The Morgan fingerprint density at radius 3 is 2.71 bits per heavy atom. The standard InChI is InChI=1S/C17H25BrN4O.HI/c1-3-19-17(21-14-6-4-5-7-14)20-11-16(23)22-15-10-13(18)9-8-12(15)2;/h8-10,14H,3-7,11H2,1-2H3,(H,22,23)(H2,19,20,21);1H.